The number of para-hydroxylation sites is 1. The lowest BCUT2D eigenvalue weighted by Gasteiger charge is -2.16. The molecule has 3 amide bonds. The van der Waals surface area contributed by atoms with Crippen molar-refractivity contribution in [2.45, 2.75) is 30.6 Å². The van der Waals surface area contributed by atoms with Crippen LogP contribution >= 0.6 is 11.8 Å². The molecule has 0 spiro atoms. The van der Waals surface area contributed by atoms with Crippen LogP contribution in [0.5, 0.6) is 0 Å². The Morgan fingerprint density at radius 3 is 2.96 bits per heavy atom. The molecular formula is C19H22N4O4S. The van der Waals surface area contributed by atoms with Gasteiger partial charge in [-0.05, 0) is 25.0 Å². The number of urea groups is 1. The van der Waals surface area contributed by atoms with E-state index in [9.17, 15) is 14.4 Å². The highest BCUT2D eigenvalue weighted by molar-refractivity contribution is 7.99. The van der Waals surface area contributed by atoms with Crippen LogP contribution in [0, 0.1) is 0 Å². The van der Waals surface area contributed by atoms with Gasteiger partial charge in [0.1, 0.15) is 0 Å². The van der Waals surface area contributed by atoms with Crippen LogP contribution in [0.2, 0.25) is 0 Å². The van der Waals surface area contributed by atoms with Crippen LogP contribution in [0.1, 0.15) is 12.8 Å². The van der Waals surface area contributed by atoms with E-state index in [0.717, 1.165) is 24.6 Å². The lowest BCUT2D eigenvalue weighted by atomic mass is 10.2. The predicted molar refractivity (Wildman–Crippen MR) is 107 cm³/mol. The van der Waals surface area contributed by atoms with Crippen molar-refractivity contribution < 1.29 is 14.3 Å². The summed E-state index contributed by atoms with van der Waals surface area (Å²) >= 11 is 1.12. The van der Waals surface area contributed by atoms with Gasteiger partial charge in [-0.25, -0.2) is 9.78 Å². The molecule has 2 heterocycles. The largest absolute Gasteiger partial charge is 0.376 e. The molecule has 1 saturated heterocycles. The second-order valence-corrected chi connectivity index (χ2v) is 7.24. The number of aromatic nitrogens is 2. The van der Waals surface area contributed by atoms with Gasteiger partial charge in [-0.15, -0.1) is 6.58 Å². The van der Waals surface area contributed by atoms with Crippen molar-refractivity contribution in [1.82, 2.24) is 20.2 Å². The Morgan fingerprint density at radius 1 is 1.39 bits per heavy atom. The van der Waals surface area contributed by atoms with E-state index in [-0.39, 0.29) is 24.0 Å². The zero-order chi connectivity index (χ0) is 19.9. The maximum atomic E-state index is 13.0. The van der Waals surface area contributed by atoms with E-state index in [2.05, 4.69) is 22.2 Å². The fraction of sp³-hybridized carbons (Fsp3) is 0.368. The highest BCUT2D eigenvalue weighted by Crippen LogP contribution is 2.20. The SMILES string of the molecule is C=CCNC(=O)NC(=O)CSc1nc2ccccc2c(=O)n1CC1CCCO1. The van der Waals surface area contributed by atoms with E-state index in [1.54, 1.807) is 22.8 Å². The van der Waals surface area contributed by atoms with Gasteiger partial charge >= 0.3 is 6.03 Å². The number of hydrogen-bond donors (Lipinski definition) is 2. The van der Waals surface area contributed by atoms with Crippen molar-refractivity contribution >= 4 is 34.6 Å². The quantitative estimate of drug-likeness (QED) is 0.415. The first-order valence-electron chi connectivity index (χ1n) is 9.01. The molecule has 0 saturated carbocycles. The van der Waals surface area contributed by atoms with Gasteiger partial charge in [0, 0.05) is 13.2 Å². The Bertz CT molecular complexity index is 937. The van der Waals surface area contributed by atoms with Crippen LogP contribution in [0.3, 0.4) is 0 Å². The number of ether oxygens (including phenoxy) is 1. The summed E-state index contributed by atoms with van der Waals surface area (Å²) in [4.78, 5) is 41.1. The fourth-order valence-electron chi connectivity index (χ4n) is 2.91. The summed E-state index contributed by atoms with van der Waals surface area (Å²) < 4.78 is 7.22. The summed E-state index contributed by atoms with van der Waals surface area (Å²) in [6, 6.07) is 6.52. The van der Waals surface area contributed by atoms with Crippen LogP contribution in [0.15, 0.2) is 46.9 Å². The average Bonchev–Trinajstić information content (AvgIpc) is 3.20. The van der Waals surface area contributed by atoms with Gasteiger partial charge in [-0.2, -0.15) is 0 Å². The monoisotopic (exact) mass is 402 g/mol. The normalized spacial score (nSPS) is 16.1. The van der Waals surface area contributed by atoms with Gasteiger partial charge in [-0.1, -0.05) is 30.0 Å². The molecule has 1 aliphatic rings. The molecule has 1 atom stereocenters. The minimum absolute atomic E-state index is 0.0430. The van der Waals surface area contributed by atoms with Crippen LogP contribution < -0.4 is 16.2 Å². The summed E-state index contributed by atoms with van der Waals surface area (Å²) in [5, 5.41) is 5.66. The smallest absolute Gasteiger partial charge is 0.321 e. The third-order valence-electron chi connectivity index (χ3n) is 4.23. The highest BCUT2D eigenvalue weighted by Gasteiger charge is 2.20. The molecule has 8 nitrogen and oxygen atoms in total. The third kappa shape index (κ3) is 4.99. The topological polar surface area (TPSA) is 102 Å². The summed E-state index contributed by atoms with van der Waals surface area (Å²) in [6.07, 6.45) is 3.32. The molecule has 2 aromatic rings. The Hall–Kier alpha value is -2.65. The number of rotatable bonds is 7. The third-order valence-corrected chi connectivity index (χ3v) is 5.21. The number of hydrogen-bond acceptors (Lipinski definition) is 6. The summed E-state index contributed by atoms with van der Waals surface area (Å²) in [7, 11) is 0. The van der Waals surface area contributed by atoms with Crippen LogP contribution in [0.4, 0.5) is 4.79 Å². The van der Waals surface area contributed by atoms with E-state index >= 15 is 0 Å². The molecule has 9 heteroatoms. The first-order chi connectivity index (χ1) is 13.6. The molecule has 2 N–H and O–H groups in total. The second-order valence-electron chi connectivity index (χ2n) is 6.30. The Balaban J connectivity index is 1.78. The molecule has 148 valence electrons. The van der Waals surface area contributed by atoms with E-state index in [1.165, 1.54) is 6.08 Å². The number of nitrogens with one attached hydrogen (secondary N) is 2. The van der Waals surface area contributed by atoms with Crippen LogP contribution in [0.25, 0.3) is 10.9 Å². The number of nitrogens with zero attached hydrogens (tertiary/aromatic N) is 2. The van der Waals surface area contributed by atoms with Gasteiger partial charge in [0.05, 0.1) is 29.3 Å². The first kappa shape index (κ1) is 20.1. The maximum Gasteiger partial charge on any atom is 0.321 e. The summed E-state index contributed by atoms with van der Waals surface area (Å²) in [5.41, 5.74) is 0.412. The Labute approximate surface area is 166 Å². The van der Waals surface area contributed by atoms with Gasteiger partial charge in [-0.3, -0.25) is 19.5 Å². The van der Waals surface area contributed by atoms with Crippen molar-refractivity contribution in [2.24, 2.45) is 0 Å². The minimum Gasteiger partial charge on any atom is -0.376 e. The average molecular weight is 402 g/mol. The zero-order valence-electron chi connectivity index (χ0n) is 15.3. The van der Waals surface area contributed by atoms with E-state index in [1.807, 2.05) is 6.07 Å². The Morgan fingerprint density at radius 2 is 2.21 bits per heavy atom. The zero-order valence-corrected chi connectivity index (χ0v) is 16.2. The molecule has 28 heavy (non-hydrogen) atoms. The highest BCUT2D eigenvalue weighted by atomic mass is 32.2. The molecule has 1 aromatic carbocycles. The number of carbonyl (C=O) groups excluding carboxylic acids is 2. The predicted octanol–water partition coefficient (Wildman–Crippen LogP) is 1.68. The second kappa shape index (κ2) is 9.52. The number of thioether (sulfide) groups is 1. The number of imide groups is 1. The van der Waals surface area contributed by atoms with Crippen LogP contribution in [-0.4, -0.2) is 46.5 Å². The lowest BCUT2D eigenvalue weighted by molar-refractivity contribution is -0.117. The van der Waals surface area contributed by atoms with Crippen molar-refractivity contribution in [3.63, 3.8) is 0 Å². The molecule has 0 radical (unpaired) electrons. The van der Waals surface area contributed by atoms with Crippen molar-refractivity contribution in [3.05, 3.63) is 47.3 Å². The Kier molecular flexibility index (Phi) is 6.83. The molecule has 1 fully saturated rings. The number of benzene rings is 1. The molecule has 1 unspecified atom stereocenters. The van der Waals surface area contributed by atoms with E-state index in [4.69, 9.17) is 4.74 Å². The molecule has 0 aliphatic carbocycles. The molecule has 3 rings (SSSR count). The van der Waals surface area contributed by atoms with Crippen molar-refractivity contribution in [1.29, 1.82) is 0 Å². The summed E-state index contributed by atoms with van der Waals surface area (Å²) in [5.74, 6) is -0.518. The standard InChI is InChI=1S/C19H22N4O4S/c1-2-9-20-18(26)22-16(24)12-28-19-21-15-8-4-3-7-14(15)17(25)23(19)11-13-6-5-10-27-13/h2-4,7-8,13H,1,5-6,9-12H2,(H2,20,22,24,26). The molecule has 1 aliphatic heterocycles. The molecular weight excluding hydrogens is 380 g/mol. The molecule has 0 bridgehead atoms. The maximum absolute atomic E-state index is 13.0. The van der Waals surface area contributed by atoms with Gasteiger partial charge in [0.25, 0.3) is 5.56 Å². The van der Waals surface area contributed by atoms with Crippen molar-refractivity contribution in [3.8, 4) is 0 Å². The number of amides is 3. The fourth-order valence-corrected chi connectivity index (χ4v) is 3.72. The van der Waals surface area contributed by atoms with Gasteiger partial charge in [0.15, 0.2) is 5.16 Å². The van der Waals surface area contributed by atoms with E-state index in [0.29, 0.717) is 29.2 Å². The minimum atomic E-state index is -0.589. The van der Waals surface area contributed by atoms with E-state index < -0.39 is 11.9 Å². The first-order valence-corrected chi connectivity index (χ1v) is 9.99. The van der Waals surface area contributed by atoms with Crippen LogP contribution in [-0.2, 0) is 16.1 Å². The number of fused-ring (bicyclic) bond motifs is 1. The summed E-state index contributed by atoms with van der Waals surface area (Å²) in [6.45, 7) is 4.83. The van der Waals surface area contributed by atoms with Crippen molar-refractivity contribution in [2.75, 3.05) is 18.9 Å². The number of carbonyl (C=O) groups is 2. The lowest BCUT2D eigenvalue weighted by Crippen LogP contribution is -2.40. The van der Waals surface area contributed by atoms with Gasteiger partial charge in [0.2, 0.25) is 5.91 Å². The molecule has 1 aromatic heterocycles. The van der Waals surface area contributed by atoms with Gasteiger partial charge < -0.3 is 10.1 Å².